The summed E-state index contributed by atoms with van der Waals surface area (Å²) in [5.74, 6) is 0.529. The van der Waals surface area contributed by atoms with Crippen LogP contribution in [-0.2, 0) is 0 Å². The first-order chi connectivity index (χ1) is 6.66. The molecule has 0 fully saturated rings. The zero-order valence-electron chi connectivity index (χ0n) is 6.87. The standard InChI is InChI=1S/C8H5Br2N3S/c9-4-1-5(10)7(12-2-4)8-13-6(11)3-14-8/h1-3H,11H2. The lowest BCUT2D eigenvalue weighted by Crippen LogP contribution is -1.87. The van der Waals surface area contributed by atoms with Crippen LogP contribution in [0.25, 0.3) is 10.7 Å². The summed E-state index contributed by atoms with van der Waals surface area (Å²) in [5.41, 5.74) is 6.36. The van der Waals surface area contributed by atoms with Crippen LogP contribution in [0.1, 0.15) is 0 Å². The second-order valence-corrected chi connectivity index (χ2v) is 5.19. The van der Waals surface area contributed by atoms with Crippen molar-refractivity contribution in [1.29, 1.82) is 0 Å². The third-order valence-electron chi connectivity index (χ3n) is 1.53. The van der Waals surface area contributed by atoms with E-state index in [0.717, 1.165) is 19.6 Å². The van der Waals surface area contributed by atoms with E-state index in [-0.39, 0.29) is 0 Å². The number of hydrogen-bond acceptors (Lipinski definition) is 4. The quantitative estimate of drug-likeness (QED) is 0.870. The lowest BCUT2D eigenvalue weighted by atomic mass is 10.4. The third-order valence-corrected chi connectivity index (χ3v) is 3.44. The Morgan fingerprint density at radius 1 is 1.36 bits per heavy atom. The van der Waals surface area contributed by atoms with Crippen LogP contribution in [0.4, 0.5) is 5.82 Å². The molecule has 0 aliphatic rings. The summed E-state index contributed by atoms with van der Waals surface area (Å²) in [7, 11) is 0. The predicted molar refractivity (Wildman–Crippen MR) is 65.2 cm³/mol. The Bertz CT molecular complexity index is 469. The van der Waals surface area contributed by atoms with Gasteiger partial charge in [0.05, 0.1) is 0 Å². The highest BCUT2D eigenvalue weighted by Gasteiger charge is 2.08. The summed E-state index contributed by atoms with van der Waals surface area (Å²) in [4.78, 5) is 8.42. The predicted octanol–water partition coefficient (Wildman–Crippen LogP) is 3.31. The lowest BCUT2D eigenvalue weighted by molar-refractivity contribution is 1.27. The first kappa shape index (κ1) is 10.1. The number of thiazole rings is 1. The van der Waals surface area contributed by atoms with E-state index in [2.05, 4.69) is 41.8 Å². The molecule has 14 heavy (non-hydrogen) atoms. The Morgan fingerprint density at radius 3 is 2.71 bits per heavy atom. The summed E-state index contributed by atoms with van der Waals surface area (Å²) in [6.45, 7) is 0. The van der Waals surface area contributed by atoms with Crippen LogP contribution in [0.5, 0.6) is 0 Å². The fourth-order valence-electron chi connectivity index (χ4n) is 0.967. The highest BCUT2D eigenvalue weighted by atomic mass is 79.9. The Kier molecular flexibility index (Phi) is 2.85. The van der Waals surface area contributed by atoms with Gasteiger partial charge in [0.1, 0.15) is 16.5 Å². The number of nitrogens with two attached hydrogens (primary N) is 1. The van der Waals surface area contributed by atoms with Gasteiger partial charge in [0.25, 0.3) is 0 Å². The number of pyridine rings is 1. The van der Waals surface area contributed by atoms with Gasteiger partial charge in [-0.1, -0.05) is 0 Å². The van der Waals surface area contributed by atoms with Crippen LogP contribution in [0, 0.1) is 0 Å². The molecule has 2 rings (SSSR count). The number of hydrogen-bond donors (Lipinski definition) is 1. The van der Waals surface area contributed by atoms with Crippen LogP contribution >= 0.6 is 43.2 Å². The van der Waals surface area contributed by atoms with Crippen molar-refractivity contribution in [1.82, 2.24) is 9.97 Å². The van der Waals surface area contributed by atoms with Gasteiger partial charge in [-0.2, -0.15) is 0 Å². The van der Waals surface area contributed by atoms with E-state index in [0.29, 0.717) is 5.82 Å². The van der Waals surface area contributed by atoms with Gasteiger partial charge in [-0.25, -0.2) is 4.98 Å². The van der Waals surface area contributed by atoms with E-state index in [1.165, 1.54) is 11.3 Å². The lowest BCUT2D eigenvalue weighted by Gasteiger charge is -1.99. The topological polar surface area (TPSA) is 51.8 Å². The monoisotopic (exact) mass is 333 g/mol. The van der Waals surface area contributed by atoms with Crippen molar-refractivity contribution in [3.05, 3.63) is 26.6 Å². The molecule has 0 aromatic carbocycles. The molecule has 0 amide bonds. The van der Waals surface area contributed by atoms with Crippen LogP contribution in [-0.4, -0.2) is 9.97 Å². The van der Waals surface area contributed by atoms with E-state index in [1.807, 2.05) is 6.07 Å². The van der Waals surface area contributed by atoms with Crippen molar-refractivity contribution in [2.24, 2.45) is 0 Å². The number of anilines is 1. The molecule has 72 valence electrons. The van der Waals surface area contributed by atoms with E-state index in [4.69, 9.17) is 5.73 Å². The maximum absolute atomic E-state index is 5.54. The molecule has 0 radical (unpaired) electrons. The molecule has 0 unspecified atom stereocenters. The second-order valence-electron chi connectivity index (χ2n) is 2.56. The molecule has 3 nitrogen and oxygen atoms in total. The Hall–Kier alpha value is -0.460. The largest absolute Gasteiger partial charge is 0.383 e. The minimum absolute atomic E-state index is 0.529. The van der Waals surface area contributed by atoms with Crippen LogP contribution in [0.2, 0.25) is 0 Å². The summed E-state index contributed by atoms with van der Waals surface area (Å²) < 4.78 is 1.83. The molecule has 0 aliphatic heterocycles. The van der Waals surface area contributed by atoms with Gasteiger partial charge in [0.15, 0.2) is 0 Å². The van der Waals surface area contributed by atoms with Crippen molar-refractivity contribution in [2.45, 2.75) is 0 Å². The molecule has 2 heterocycles. The summed E-state index contributed by atoms with van der Waals surface area (Å²) in [6.07, 6.45) is 1.73. The van der Waals surface area contributed by atoms with E-state index in [9.17, 15) is 0 Å². The Morgan fingerprint density at radius 2 is 2.14 bits per heavy atom. The maximum atomic E-state index is 5.54. The highest BCUT2D eigenvalue weighted by Crippen LogP contribution is 2.30. The summed E-state index contributed by atoms with van der Waals surface area (Å²) in [6, 6.07) is 1.93. The molecule has 0 spiro atoms. The smallest absolute Gasteiger partial charge is 0.145 e. The number of nitrogen functional groups attached to an aromatic ring is 1. The van der Waals surface area contributed by atoms with Crippen molar-refractivity contribution in [3.63, 3.8) is 0 Å². The average molecular weight is 335 g/mol. The van der Waals surface area contributed by atoms with Gasteiger partial charge in [-0.05, 0) is 37.9 Å². The minimum atomic E-state index is 0.529. The fraction of sp³-hybridized carbons (Fsp3) is 0. The minimum Gasteiger partial charge on any atom is -0.383 e. The third kappa shape index (κ3) is 1.97. The van der Waals surface area contributed by atoms with E-state index < -0.39 is 0 Å². The van der Waals surface area contributed by atoms with Gasteiger partial charge >= 0.3 is 0 Å². The van der Waals surface area contributed by atoms with Gasteiger partial charge in [-0.15, -0.1) is 11.3 Å². The molecule has 0 saturated carbocycles. The molecule has 2 aromatic rings. The summed E-state index contributed by atoms with van der Waals surface area (Å²) in [5, 5.41) is 2.62. The molecular weight excluding hydrogens is 330 g/mol. The molecule has 0 aliphatic carbocycles. The number of halogens is 2. The zero-order chi connectivity index (χ0) is 10.1. The number of aromatic nitrogens is 2. The summed E-state index contributed by atoms with van der Waals surface area (Å²) >= 11 is 8.24. The average Bonchev–Trinajstić information content (AvgIpc) is 2.51. The van der Waals surface area contributed by atoms with Crippen molar-refractivity contribution >= 4 is 49.0 Å². The van der Waals surface area contributed by atoms with Crippen LogP contribution in [0.3, 0.4) is 0 Å². The maximum Gasteiger partial charge on any atom is 0.145 e. The Balaban J connectivity index is 2.52. The van der Waals surface area contributed by atoms with Gasteiger partial charge in [0, 0.05) is 20.5 Å². The first-order valence-corrected chi connectivity index (χ1v) is 6.16. The second kappa shape index (κ2) is 3.96. The number of rotatable bonds is 1. The zero-order valence-corrected chi connectivity index (χ0v) is 10.9. The normalized spacial score (nSPS) is 10.4. The fourth-order valence-corrected chi connectivity index (χ4v) is 2.99. The molecule has 2 aromatic heterocycles. The molecular formula is C8H5Br2N3S. The molecule has 0 atom stereocenters. The van der Waals surface area contributed by atoms with E-state index >= 15 is 0 Å². The molecule has 0 bridgehead atoms. The van der Waals surface area contributed by atoms with E-state index in [1.54, 1.807) is 11.6 Å². The molecule has 2 N–H and O–H groups in total. The first-order valence-electron chi connectivity index (χ1n) is 3.69. The van der Waals surface area contributed by atoms with Gasteiger partial charge < -0.3 is 5.73 Å². The highest BCUT2D eigenvalue weighted by molar-refractivity contribution is 9.11. The molecule has 6 heteroatoms. The van der Waals surface area contributed by atoms with Crippen LogP contribution < -0.4 is 5.73 Å². The van der Waals surface area contributed by atoms with Gasteiger partial charge in [0.2, 0.25) is 0 Å². The van der Waals surface area contributed by atoms with Crippen LogP contribution in [0.15, 0.2) is 26.6 Å². The van der Waals surface area contributed by atoms with Gasteiger partial charge in [-0.3, -0.25) is 4.98 Å². The number of nitrogens with zero attached hydrogens (tertiary/aromatic N) is 2. The van der Waals surface area contributed by atoms with Crippen molar-refractivity contribution in [3.8, 4) is 10.7 Å². The molecule has 0 saturated heterocycles. The van der Waals surface area contributed by atoms with Crippen molar-refractivity contribution < 1.29 is 0 Å². The Labute approximate surface area is 102 Å². The van der Waals surface area contributed by atoms with Crippen molar-refractivity contribution in [2.75, 3.05) is 5.73 Å². The SMILES string of the molecule is Nc1csc(-c2ncc(Br)cc2Br)n1.